The summed E-state index contributed by atoms with van der Waals surface area (Å²) in [6.07, 6.45) is 0. The number of carbonyl (C=O) groups excluding carboxylic acids is 2. The molecule has 4 rings (SSSR count). The lowest BCUT2D eigenvalue weighted by Gasteiger charge is -2.34. The highest BCUT2D eigenvalue weighted by Gasteiger charge is 2.30. The van der Waals surface area contributed by atoms with Gasteiger partial charge in [0, 0.05) is 31.9 Å². The molecule has 0 atom stereocenters. The summed E-state index contributed by atoms with van der Waals surface area (Å²) in [5, 5.41) is 2.79. The Morgan fingerprint density at radius 3 is 2.17 bits per heavy atom. The first kappa shape index (κ1) is 24.4. The van der Waals surface area contributed by atoms with Gasteiger partial charge in [-0.05, 0) is 48.5 Å². The largest absolute Gasteiger partial charge is 0.483 e. The number of hydrogen-bond acceptors (Lipinski definition) is 5. The number of ether oxygens (including phenoxy) is 1. The molecule has 0 saturated carbocycles. The van der Waals surface area contributed by atoms with E-state index in [0.29, 0.717) is 11.3 Å². The zero-order valence-corrected chi connectivity index (χ0v) is 19.6. The van der Waals surface area contributed by atoms with Gasteiger partial charge in [-0.3, -0.25) is 9.59 Å². The summed E-state index contributed by atoms with van der Waals surface area (Å²) in [5.74, 6) is -0.925. The van der Waals surface area contributed by atoms with Crippen molar-refractivity contribution in [2.45, 2.75) is 4.90 Å². The molecule has 10 heteroatoms. The molecule has 0 bridgehead atoms. The van der Waals surface area contributed by atoms with E-state index in [9.17, 15) is 22.4 Å². The highest BCUT2D eigenvalue weighted by atomic mass is 32.2. The minimum Gasteiger partial charge on any atom is -0.483 e. The van der Waals surface area contributed by atoms with Gasteiger partial charge in [0.15, 0.2) is 6.61 Å². The van der Waals surface area contributed by atoms with Gasteiger partial charge in [-0.25, -0.2) is 12.8 Å². The molecule has 1 aliphatic rings. The molecule has 1 fully saturated rings. The van der Waals surface area contributed by atoms with Crippen LogP contribution in [0.3, 0.4) is 0 Å². The standard InChI is InChI=1S/C25H24FN3O5S/c26-19-10-12-21(13-11-19)35(32,33)29-16-14-28(15-17-29)24(30)18-34-23-9-5-4-8-22(23)25(31)27-20-6-2-1-3-7-20/h1-13H,14-18H2,(H,27,31). The molecule has 1 saturated heterocycles. The first-order valence-corrected chi connectivity index (χ1v) is 12.4. The van der Waals surface area contributed by atoms with Crippen molar-refractivity contribution in [2.24, 2.45) is 0 Å². The molecular formula is C25H24FN3O5S. The van der Waals surface area contributed by atoms with Crippen LogP contribution in [0.4, 0.5) is 10.1 Å². The number of nitrogens with zero attached hydrogens (tertiary/aromatic N) is 2. The number of hydrogen-bond donors (Lipinski definition) is 1. The third kappa shape index (κ3) is 5.84. The number of carbonyl (C=O) groups is 2. The Morgan fingerprint density at radius 1 is 0.857 bits per heavy atom. The summed E-state index contributed by atoms with van der Waals surface area (Å²) in [7, 11) is -3.77. The number of halogens is 1. The van der Waals surface area contributed by atoms with E-state index < -0.39 is 15.8 Å². The second kappa shape index (κ2) is 10.7. The molecule has 3 aromatic carbocycles. The van der Waals surface area contributed by atoms with Crippen molar-refractivity contribution in [1.82, 2.24) is 9.21 Å². The van der Waals surface area contributed by atoms with Crippen LogP contribution in [0.15, 0.2) is 83.8 Å². The summed E-state index contributed by atoms with van der Waals surface area (Å²) in [5.41, 5.74) is 0.927. The van der Waals surface area contributed by atoms with Crippen molar-refractivity contribution in [3.63, 3.8) is 0 Å². The van der Waals surface area contributed by atoms with Crippen LogP contribution in [0.25, 0.3) is 0 Å². The Hall–Kier alpha value is -3.76. The van der Waals surface area contributed by atoms with Crippen LogP contribution in [0.2, 0.25) is 0 Å². The quantitative estimate of drug-likeness (QED) is 0.542. The van der Waals surface area contributed by atoms with Crippen molar-refractivity contribution < 1.29 is 27.1 Å². The molecule has 1 N–H and O–H groups in total. The number of amides is 2. The van der Waals surface area contributed by atoms with E-state index in [4.69, 9.17) is 4.74 Å². The van der Waals surface area contributed by atoms with Crippen molar-refractivity contribution >= 4 is 27.5 Å². The van der Waals surface area contributed by atoms with Gasteiger partial charge in [0.1, 0.15) is 11.6 Å². The number of benzene rings is 3. The number of rotatable bonds is 7. The van der Waals surface area contributed by atoms with Gasteiger partial charge in [0.2, 0.25) is 10.0 Å². The van der Waals surface area contributed by atoms with Crippen molar-refractivity contribution in [3.8, 4) is 5.75 Å². The molecule has 1 heterocycles. The van der Waals surface area contributed by atoms with E-state index in [1.807, 2.05) is 6.07 Å². The lowest BCUT2D eigenvalue weighted by atomic mass is 10.2. The van der Waals surface area contributed by atoms with Gasteiger partial charge in [-0.15, -0.1) is 0 Å². The average molecular weight is 498 g/mol. The average Bonchev–Trinajstić information content (AvgIpc) is 2.88. The topological polar surface area (TPSA) is 96.0 Å². The Labute approximate surface area is 203 Å². The van der Waals surface area contributed by atoms with E-state index in [1.54, 1.807) is 48.5 Å². The van der Waals surface area contributed by atoms with Crippen LogP contribution in [-0.4, -0.2) is 62.2 Å². The number of anilines is 1. The minimum atomic E-state index is -3.77. The molecule has 2 amide bonds. The van der Waals surface area contributed by atoms with Crippen LogP contribution >= 0.6 is 0 Å². The SMILES string of the molecule is O=C(Nc1ccccc1)c1ccccc1OCC(=O)N1CCN(S(=O)(=O)c2ccc(F)cc2)CC1. The van der Waals surface area contributed by atoms with Gasteiger partial charge in [-0.1, -0.05) is 30.3 Å². The van der Waals surface area contributed by atoms with Gasteiger partial charge in [-0.2, -0.15) is 4.31 Å². The fourth-order valence-corrected chi connectivity index (χ4v) is 5.09. The van der Waals surface area contributed by atoms with Crippen molar-refractivity contribution in [1.29, 1.82) is 0 Å². The number of nitrogens with one attached hydrogen (secondary N) is 1. The number of sulfonamides is 1. The first-order chi connectivity index (χ1) is 16.8. The molecule has 0 unspecified atom stereocenters. The molecule has 3 aromatic rings. The minimum absolute atomic E-state index is 0.00685. The van der Waals surface area contributed by atoms with Gasteiger partial charge < -0.3 is 15.0 Å². The fraction of sp³-hybridized carbons (Fsp3) is 0.200. The van der Waals surface area contributed by atoms with Crippen molar-refractivity contribution in [3.05, 3.63) is 90.2 Å². The molecule has 182 valence electrons. The number of piperazine rings is 1. The van der Waals surface area contributed by atoms with E-state index in [2.05, 4.69) is 5.32 Å². The zero-order valence-electron chi connectivity index (χ0n) is 18.8. The predicted molar refractivity (Wildman–Crippen MR) is 128 cm³/mol. The first-order valence-electron chi connectivity index (χ1n) is 11.0. The Kier molecular flexibility index (Phi) is 7.42. The molecule has 0 radical (unpaired) electrons. The molecule has 35 heavy (non-hydrogen) atoms. The maximum absolute atomic E-state index is 13.1. The third-order valence-electron chi connectivity index (χ3n) is 5.56. The van der Waals surface area contributed by atoms with Gasteiger partial charge >= 0.3 is 0 Å². The third-order valence-corrected chi connectivity index (χ3v) is 7.47. The zero-order chi connectivity index (χ0) is 24.8. The van der Waals surface area contributed by atoms with Gasteiger partial charge in [0.25, 0.3) is 11.8 Å². The van der Waals surface area contributed by atoms with E-state index in [1.165, 1.54) is 21.3 Å². The molecule has 1 aliphatic heterocycles. The van der Waals surface area contributed by atoms with Crippen LogP contribution in [0, 0.1) is 5.82 Å². The molecule has 0 spiro atoms. The van der Waals surface area contributed by atoms with Crippen LogP contribution < -0.4 is 10.1 Å². The van der Waals surface area contributed by atoms with E-state index in [-0.39, 0.29) is 55.2 Å². The second-order valence-corrected chi connectivity index (χ2v) is 9.78. The summed E-state index contributed by atoms with van der Waals surface area (Å²) >= 11 is 0. The second-order valence-electron chi connectivity index (χ2n) is 7.84. The monoisotopic (exact) mass is 497 g/mol. The van der Waals surface area contributed by atoms with Gasteiger partial charge in [0.05, 0.1) is 10.5 Å². The number of para-hydroxylation sites is 2. The molecular weight excluding hydrogens is 473 g/mol. The predicted octanol–water partition coefficient (Wildman–Crippen LogP) is 2.99. The van der Waals surface area contributed by atoms with E-state index >= 15 is 0 Å². The van der Waals surface area contributed by atoms with E-state index in [0.717, 1.165) is 12.1 Å². The normalized spacial score (nSPS) is 14.4. The van der Waals surface area contributed by atoms with Crippen molar-refractivity contribution in [2.75, 3.05) is 38.1 Å². The summed E-state index contributed by atoms with van der Waals surface area (Å²) in [6.45, 7) is 0.320. The van der Waals surface area contributed by atoms with Crippen LogP contribution in [-0.2, 0) is 14.8 Å². The summed E-state index contributed by atoms with van der Waals surface area (Å²) < 4.78 is 45.6. The van der Waals surface area contributed by atoms with Crippen LogP contribution in [0.5, 0.6) is 5.75 Å². The Bertz CT molecular complexity index is 1290. The summed E-state index contributed by atoms with van der Waals surface area (Å²) in [4.78, 5) is 26.9. The molecule has 0 aromatic heterocycles. The highest BCUT2D eigenvalue weighted by Crippen LogP contribution is 2.21. The highest BCUT2D eigenvalue weighted by molar-refractivity contribution is 7.89. The molecule has 8 nitrogen and oxygen atoms in total. The lowest BCUT2D eigenvalue weighted by molar-refractivity contribution is -0.134. The lowest BCUT2D eigenvalue weighted by Crippen LogP contribution is -2.51. The molecule has 0 aliphatic carbocycles. The smallest absolute Gasteiger partial charge is 0.260 e. The summed E-state index contributed by atoms with van der Waals surface area (Å²) in [6, 6.07) is 20.3. The van der Waals surface area contributed by atoms with Crippen LogP contribution in [0.1, 0.15) is 10.4 Å². The maximum Gasteiger partial charge on any atom is 0.260 e. The Balaban J connectivity index is 1.33. The Morgan fingerprint density at radius 2 is 1.49 bits per heavy atom. The fourth-order valence-electron chi connectivity index (χ4n) is 3.66. The maximum atomic E-state index is 13.1.